The van der Waals surface area contributed by atoms with Gasteiger partial charge in [0, 0.05) is 16.6 Å². The summed E-state index contributed by atoms with van der Waals surface area (Å²) in [6.07, 6.45) is 1.70. The number of H-pyrrole nitrogens is 1. The first kappa shape index (κ1) is 8.32. The summed E-state index contributed by atoms with van der Waals surface area (Å²) in [4.78, 5) is 14.0. The maximum atomic E-state index is 11.3. The van der Waals surface area contributed by atoms with Gasteiger partial charge in [-0.25, -0.2) is 0 Å². The normalized spacial score (nSPS) is 10.6. The minimum absolute atomic E-state index is 0.0720. The van der Waals surface area contributed by atoms with E-state index in [1.165, 1.54) is 0 Å². The predicted octanol–water partition coefficient (Wildman–Crippen LogP) is 2.49. The molecule has 2 rings (SSSR count). The van der Waals surface area contributed by atoms with Gasteiger partial charge in [0.25, 0.3) is 5.56 Å². The molecule has 1 heterocycles. The van der Waals surface area contributed by atoms with E-state index in [2.05, 4.69) is 4.98 Å². The van der Waals surface area contributed by atoms with Crippen LogP contribution in [0.4, 0.5) is 0 Å². The molecule has 66 valence electrons. The van der Waals surface area contributed by atoms with Crippen LogP contribution in [0.3, 0.4) is 0 Å². The van der Waals surface area contributed by atoms with Crippen molar-refractivity contribution in [3.8, 4) is 0 Å². The molecule has 2 nitrogen and oxygen atoms in total. The quantitative estimate of drug-likeness (QED) is 0.685. The number of hydrogen-bond acceptors (Lipinski definition) is 1. The van der Waals surface area contributed by atoms with E-state index < -0.39 is 0 Å². The lowest BCUT2D eigenvalue weighted by atomic mass is 10.1. The fourth-order valence-corrected chi connectivity index (χ4v) is 1.54. The third-order valence-electron chi connectivity index (χ3n) is 2.07. The molecule has 1 aromatic heterocycles. The molecule has 0 unspecified atom stereocenters. The summed E-state index contributed by atoms with van der Waals surface area (Å²) in [7, 11) is 0. The Morgan fingerprint density at radius 2 is 2.08 bits per heavy atom. The highest BCUT2D eigenvalue weighted by Crippen LogP contribution is 2.18. The molecular formula is C10H8ClNO. The lowest BCUT2D eigenvalue weighted by Crippen LogP contribution is -2.05. The zero-order valence-corrected chi connectivity index (χ0v) is 7.85. The second-order valence-corrected chi connectivity index (χ2v) is 3.43. The molecule has 0 aliphatic heterocycles. The van der Waals surface area contributed by atoms with Crippen LogP contribution in [0.15, 0.2) is 29.2 Å². The Morgan fingerprint density at radius 3 is 2.85 bits per heavy atom. The van der Waals surface area contributed by atoms with Crippen molar-refractivity contribution < 1.29 is 0 Å². The van der Waals surface area contributed by atoms with Crippen molar-refractivity contribution in [2.45, 2.75) is 6.92 Å². The van der Waals surface area contributed by atoms with Gasteiger partial charge in [-0.2, -0.15) is 0 Å². The van der Waals surface area contributed by atoms with Gasteiger partial charge in [-0.15, -0.1) is 0 Å². The Hall–Kier alpha value is -1.28. The van der Waals surface area contributed by atoms with E-state index in [1.807, 2.05) is 13.0 Å². The van der Waals surface area contributed by atoms with Gasteiger partial charge in [-0.3, -0.25) is 4.79 Å². The first-order chi connectivity index (χ1) is 6.18. The first-order valence-corrected chi connectivity index (χ1v) is 4.34. The van der Waals surface area contributed by atoms with Crippen LogP contribution in [-0.4, -0.2) is 4.98 Å². The minimum atomic E-state index is -0.0720. The van der Waals surface area contributed by atoms with E-state index in [0.717, 1.165) is 10.9 Å². The predicted molar refractivity (Wildman–Crippen MR) is 54.3 cm³/mol. The molecule has 0 amide bonds. The van der Waals surface area contributed by atoms with Crippen LogP contribution in [0.1, 0.15) is 5.56 Å². The summed E-state index contributed by atoms with van der Waals surface area (Å²) in [5, 5.41) is 2.25. The second-order valence-electron chi connectivity index (χ2n) is 2.99. The molecule has 0 aliphatic carbocycles. The number of hydrogen-bond donors (Lipinski definition) is 1. The molecule has 2 aromatic rings. The molecule has 1 aromatic carbocycles. The SMILES string of the molecule is Cc1c[nH]c(=O)c2ccc(Cl)cc12. The van der Waals surface area contributed by atoms with Gasteiger partial charge in [-0.1, -0.05) is 11.6 Å². The second kappa shape index (κ2) is 2.89. The minimum Gasteiger partial charge on any atom is -0.328 e. The molecular weight excluding hydrogens is 186 g/mol. The topological polar surface area (TPSA) is 32.9 Å². The number of pyridine rings is 1. The molecule has 3 heteroatoms. The number of aryl methyl sites for hydroxylation is 1. The molecule has 0 aliphatic rings. The summed E-state index contributed by atoms with van der Waals surface area (Å²) < 4.78 is 0. The Morgan fingerprint density at radius 1 is 1.31 bits per heavy atom. The number of halogens is 1. The van der Waals surface area contributed by atoms with Crippen LogP contribution in [0, 0.1) is 6.92 Å². The first-order valence-electron chi connectivity index (χ1n) is 3.96. The highest BCUT2D eigenvalue weighted by atomic mass is 35.5. The van der Waals surface area contributed by atoms with Crippen molar-refractivity contribution >= 4 is 22.4 Å². The Bertz CT molecular complexity index is 516. The van der Waals surface area contributed by atoms with Gasteiger partial charge >= 0.3 is 0 Å². The number of nitrogens with one attached hydrogen (secondary N) is 1. The zero-order chi connectivity index (χ0) is 9.42. The molecule has 1 N–H and O–H groups in total. The standard InChI is InChI=1S/C10H8ClNO/c1-6-5-12-10(13)8-3-2-7(11)4-9(6)8/h2-5H,1H3,(H,12,13). The van der Waals surface area contributed by atoms with Gasteiger partial charge in [0.05, 0.1) is 0 Å². The van der Waals surface area contributed by atoms with Gasteiger partial charge in [0.15, 0.2) is 0 Å². The van der Waals surface area contributed by atoms with E-state index in [1.54, 1.807) is 18.3 Å². The fourth-order valence-electron chi connectivity index (χ4n) is 1.37. The van der Waals surface area contributed by atoms with Crippen molar-refractivity contribution in [1.29, 1.82) is 0 Å². The van der Waals surface area contributed by atoms with E-state index >= 15 is 0 Å². The molecule has 0 saturated heterocycles. The Labute approximate surface area is 80.2 Å². The highest BCUT2D eigenvalue weighted by Gasteiger charge is 2.01. The van der Waals surface area contributed by atoms with Crippen LogP contribution in [0.5, 0.6) is 0 Å². The zero-order valence-electron chi connectivity index (χ0n) is 7.10. The van der Waals surface area contributed by atoms with Crippen molar-refractivity contribution in [2.75, 3.05) is 0 Å². The van der Waals surface area contributed by atoms with E-state index in [-0.39, 0.29) is 5.56 Å². The van der Waals surface area contributed by atoms with Gasteiger partial charge in [0.2, 0.25) is 0 Å². The summed E-state index contributed by atoms with van der Waals surface area (Å²) in [5.74, 6) is 0. The monoisotopic (exact) mass is 193 g/mol. The summed E-state index contributed by atoms with van der Waals surface area (Å²) >= 11 is 5.83. The molecule has 0 spiro atoms. The summed E-state index contributed by atoms with van der Waals surface area (Å²) in [6.45, 7) is 1.94. The largest absolute Gasteiger partial charge is 0.328 e. The van der Waals surface area contributed by atoms with Crippen molar-refractivity contribution in [1.82, 2.24) is 4.98 Å². The molecule has 0 atom stereocenters. The van der Waals surface area contributed by atoms with Crippen molar-refractivity contribution in [3.05, 3.63) is 45.3 Å². The van der Waals surface area contributed by atoms with Crippen LogP contribution in [-0.2, 0) is 0 Å². The highest BCUT2D eigenvalue weighted by molar-refractivity contribution is 6.31. The molecule has 0 bridgehead atoms. The third kappa shape index (κ3) is 1.33. The van der Waals surface area contributed by atoms with Crippen molar-refractivity contribution in [3.63, 3.8) is 0 Å². The van der Waals surface area contributed by atoms with Crippen LogP contribution < -0.4 is 5.56 Å². The maximum Gasteiger partial charge on any atom is 0.255 e. The van der Waals surface area contributed by atoms with Crippen LogP contribution in [0.25, 0.3) is 10.8 Å². The Balaban J connectivity index is 3.01. The maximum absolute atomic E-state index is 11.3. The van der Waals surface area contributed by atoms with E-state index in [4.69, 9.17) is 11.6 Å². The van der Waals surface area contributed by atoms with Gasteiger partial charge < -0.3 is 4.98 Å². The van der Waals surface area contributed by atoms with Gasteiger partial charge in [0.1, 0.15) is 0 Å². The smallest absolute Gasteiger partial charge is 0.255 e. The number of rotatable bonds is 0. The third-order valence-corrected chi connectivity index (χ3v) is 2.31. The van der Waals surface area contributed by atoms with Gasteiger partial charge in [-0.05, 0) is 36.1 Å². The number of benzene rings is 1. The van der Waals surface area contributed by atoms with E-state index in [9.17, 15) is 4.79 Å². The van der Waals surface area contributed by atoms with Crippen LogP contribution >= 0.6 is 11.6 Å². The summed E-state index contributed by atoms with van der Waals surface area (Å²) in [6, 6.07) is 5.27. The van der Waals surface area contributed by atoms with Crippen molar-refractivity contribution in [2.24, 2.45) is 0 Å². The average Bonchev–Trinajstić information content (AvgIpc) is 2.12. The molecule has 0 saturated carbocycles. The van der Waals surface area contributed by atoms with Crippen LogP contribution in [0.2, 0.25) is 5.02 Å². The summed E-state index contributed by atoms with van der Waals surface area (Å²) in [5.41, 5.74) is 0.953. The Kier molecular flexibility index (Phi) is 1.85. The molecule has 0 radical (unpaired) electrons. The van der Waals surface area contributed by atoms with E-state index in [0.29, 0.717) is 10.4 Å². The number of aromatic nitrogens is 1. The fraction of sp³-hybridized carbons (Fsp3) is 0.100. The number of fused-ring (bicyclic) bond motifs is 1. The number of aromatic amines is 1. The molecule has 13 heavy (non-hydrogen) atoms. The lowest BCUT2D eigenvalue weighted by molar-refractivity contribution is 1.24. The molecule has 0 fully saturated rings. The average molecular weight is 194 g/mol. The lowest BCUT2D eigenvalue weighted by Gasteiger charge is -2.00.